The molecule has 0 saturated heterocycles. The monoisotopic (exact) mass is 414 g/mol. The molecule has 1 N–H and O–H groups in total. The molecule has 1 fully saturated rings. The summed E-state index contributed by atoms with van der Waals surface area (Å²) in [5, 5.41) is 22.1. The molecule has 9 heteroatoms. The van der Waals surface area contributed by atoms with E-state index in [1.54, 1.807) is 0 Å². The number of anilines is 1. The highest BCUT2D eigenvalue weighted by Gasteiger charge is 2.27. The van der Waals surface area contributed by atoms with Gasteiger partial charge in [0, 0.05) is 18.0 Å². The van der Waals surface area contributed by atoms with Crippen molar-refractivity contribution in [1.82, 2.24) is 25.0 Å². The van der Waals surface area contributed by atoms with Gasteiger partial charge in [-0.25, -0.2) is 0 Å². The fourth-order valence-corrected chi connectivity index (χ4v) is 4.47. The molecule has 0 spiro atoms. The SMILES string of the molecule is CC(C)Cn1c(SCC(=O)Nc2nnc(C3CC3)s2)nnc1-c1ccccc1. The van der Waals surface area contributed by atoms with Gasteiger partial charge in [0.1, 0.15) is 5.01 Å². The summed E-state index contributed by atoms with van der Waals surface area (Å²) in [6.45, 7) is 5.11. The second-order valence-electron chi connectivity index (χ2n) is 7.23. The van der Waals surface area contributed by atoms with E-state index in [0.29, 0.717) is 17.0 Å². The lowest BCUT2D eigenvalue weighted by atomic mass is 10.2. The quantitative estimate of drug-likeness (QED) is 0.560. The van der Waals surface area contributed by atoms with Crippen LogP contribution in [-0.2, 0) is 11.3 Å². The van der Waals surface area contributed by atoms with Crippen molar-refractivity contribution in [2.24, 2.45) is 5.92 Å². The van der Waals surface area contributed by atoms with Crippen LogP contribution in [0.15, 0.2) is 35.5 Å². The molecule has 7 nitrogen and oxygen atoms in total. The molecule has 0 unspecified atom stereocenters. The minimum absolute atomic E-state index is 0.108. The maximum absolute atomic E-state index is 12.3. The van der Waals surface area contributed by atoms with Crippen LogP contribution in [0.2, 0.25) is 0 Å². The van der Waals surface area contributed by atoms with Gasteiger partial charge in [0.2, 0.25) is 11.0 Å². The fourth-order valence-electron chi connectivity index (χ4n) is 2.79. The molecule has 1 aliphatic carbocycles. The summed E-state index contributed by atoms with van der Waals surface area (Å²) in [7, 11) is 0. The summed E-state index contributed by atoms with van der Waals surface area (Å²) < 4.78 is 2.09. The second kappa shape index (κ2) is 8.40. The van der Waals surface area contributed by atoms with Crippen LogP contribution in [0.3, 0.4) is 0 Å². The van der Waals surface area contributed by atoms with E-state index in [2.05, 4.69) is 44.1 Å². The smallest absolute Gasteiger partial charge is 0.236 e. The number of nitrogens with zero attached hydrogens (tertiary/aromatic N) is 5. The molecule has 146 valence electrons. The van der Waals surface area contributed by atoms with Crippen LogP contribution in [-0.4, -0.2) is 36.6 Å². The Morgan fingerprint density at radius 3 is 2.71 bits per heavy atom. The van der Waals surface area contributed by atoms with Crippen LogP contribution >= 0.6 is 23.1 Å². The predicted octanol–water partition coefficient (Wildman–Crippen LogP) is 4.06. The third-order valence-electron chi connectivity index (χ3n) is 4.24. The van der Waals surface area contributed by atoms with Crippen LogP contribution in [0, 0.1) is 5.92 Å². The third-order valence-corrected chi connectivity index (χ3v) is 6.21. The summed E-state index contributed by atoms with van der Waals surface area (Å²) in [4.78, 5) is 12.3. The Hall–Kier alpha value is -2.26. The molecule has 1 saturated carbocycles. The predicted molar refractivity (Wildman–Crippen MR) is 112 cm³/mol. The minimum Gasteiger partial charge on any atom is -0.302 e. The molecule has 2 heterocycles. The van der Waals surface area contributed by atoms with Gasteiger partial charge in [-0.3, -0.25) is 10.1 Å². The number of thioether (sulfide) groups is 1. The molecule has 1 amide bonds. The number of hydrogen-bond acceptors (Lipinski definition) is 7. The Morgan fingerprint density at radius 2 is 2.00 bits per heavy atom. The highest BCUT2D eigenvalue weighted by atomic mass is 32.2. The van der Waals surface area contributed by atoms with E-state index in [4.69, 9.17) is 0 Å². The molecule has 28 heavy (non-hydrogen) atoms. The summed E-state index contributed by atoms with van der Waals surface area (Å²) in [5.74, 6) is 1.96. The normalized spacial score (nSPS) is 13.8. The number of aromatic nitrogens is 5. The van der Waals surface area contributed by atoms with Crippen LogP contribution in [0.25, 0.3) is 11.4 Å². The Labute approximate surface area is 172 Å². The van der Waals surface area contributed by atoms with Crippen molar-refractivity contribution in [3.63, 3.8) is 0 Å². The fraction of sp³-hybridized carbons (Fsp3) is 0.421. The van der Waals surface area contributed by atoms with E-state index in [-0.39, 0.29) is 11.7 Å². The van der Waals surface area contributed by atoms with Gasteiger partial charge in [-0.15, -0.1) is 20.4 Å². The average Bonchev–Trinajstić information content (AvgIpc) is 3.31. The Kier molecular flexibility index (Phi) is 5.72. The number of carbonyl (C=O) groups excluding carboxylic acids is 1. The van der Waals surface area contributed by atoms with E-state index in [9.17, 15) is 4.79 Å². The highest BCUT2D eigenvalue weighted by Crippen LogP contribution is 2.42. The van der Waals surface area contributed by atoms with E-state index in [0.717, 1.165) is 28.1 Å². The van der Waals surface area contributed by atoms with Crippen molar-refractivity contribution < 1.29 is 4.79 Å². The standard InChI is InChI=1S/C19H22N6OS2/c1-12(2)10-25-16(13-6-4-3-5-7-13)21-24-19(25)27-11-15(26)20-18-23-22-17(28-18)14-8-9-14/h3-7,12,14H,8-11H2,1-2H3,(H,20,23,26). The van der Waals surface area contributed by atoms with Crippen molar-refractivity contribution in [2.45, 2.75) is 44.3 Å². The van der Waals surface area contributed by atoms with Crippen molar-refractivity contribution in [2.75, 3.05) is 11.1 Å². The first-order chi connectivity index (χ1) is 13.6. The van der Waals surface area contributed by atoms with E-state index < -0.39 is 0 Å². The minimum atomic E-state index is -0.108. The van der Waals surface area contributed by atoms with Gasteiger partial charge in [0.15, 0.2) is 11.0 Å². The van der Waals surface area contributed by atoms with Crippen molar-refractivity contribution in [1.29, 1.82) is 0 Å². The van der Waals surface area contributed by atoms with Crippen molar-refractivity contribution in [3.8, 4) is 11.4 Å². The lowest BCUT2D eigenvalue weighted by Gasteiger charge is -2.12. The molecular weight excluding hydrogens is 392 g/mol. The topological polar surface area (TPSA) is 85.6 Å². The average molecular weight is 415 g/mol. The van der Waals surface area contributed by atoms with Crippen LogP contribution in [0.5, 0.6) is 0 Å². The number of amides is 1. The molecule has 4 rings (SSSR count). The van der Waals surface area contributed by atoms with Crippen LogP contribution in [0.1, 0.15) is 37.6 Å². The molecule has 2 aromatic heterocycles. The molecule has 0 aliphatic heterocycles. The summed E-state index contributed by atoms with van der Waals surface area (Å²) in [6, 6.07) is 10.0. The van der Waals surface area contributed by atoms with Gasteiger partial charge in [0.05, 0.1) is 5.75 Å². The van der Waals surface area contributed by atoms with Gasteiger partial charge >= 0.3 is 0 Å². The summed E-state index contributed by atoms with van der Waals surface area (Å²) >= 11 is 2.86. The lowest BCUT2D eigenvalue weighted by Crippen LogP contribution is -2.15. The van der Waals surface area contributed by atoms with Gasteiger partial charge in [-0.2, -0.15) is 0 Å². The first kappa shape index (κ1) is 19.1. The highest BCUT2D eigenvalue weighted by molar-refractivity contribution is 7.99. The zero-order valence-electron chi connectivity index (χ0n) is 15.8. The van der Waals surface area contributed by atoms with E-state index in [1.807, 2.05) is 30.3 Å². The molecule has 0 atom stereocenters. The lowest BCUT2D eigenvalue weighted by molar-refractivity contribution is -0.113. The molecule has 3 aromatic rings. The Balaban J connectivity index is 1.43. The third kappa shape index (κ3) is 4.59. The first-order valence-electron chi connectivity index (χ1n) is 9.35. The maximum Gasteiger partial charge on any atom is 0.236 e. The number of hydrogen-bond donors (Lipinski definition) is 1. The van der Waals surface area contributed by atoms with Gasteiger partial charge in [-0.1, -0.05) is 67.3 Å². The maximum atomic E-state index is 12.3. The van der Waals surface area contributed by atoms with Crippen LogP contribution < -0.4 is 5.32 Å². The van der Waals surface area contributed by atoms with E-state index in [1.165, 1.54) is 35.9 Å². The molecule has 1 aromatic carbocycles. The summed E-state index contributed by atoms with van der Waals surface area (Å²) in [6.07, 6.45) is 2.35. The second-order valence-corrected chi connectivity index (χ2v) is 9.18. The number of rotatable bonds is 8. The number of benzene rings is 1. The van der Waals surface area contributed by atoms with Crippen molar-refractivity contribution >= 4 is 34.1 Å². The molecular formula is C19H22N6OS2. The van der Waals surface area contributed by atoms with Crippen molar-refractivity contribution in [3.05, 3.63) is 35.3 Å². The zero-order chi connectivity index (χ0) is 19.5. The van der Waals surface area contributed by atoms with Gasteiger partial charge in [0.25, 0.3) is 0 Å². The van der Waals surface area contributed by atoms with E-state index >= 15 is 0 Å². The molecule has 0 radical (unpaired) electrons. The zero-order valence-corrected chi connectivity index (χ0v) is 17.5. The number of nitrogens with one attached hydrogen (secondary N) is 1. The Morgan fingerprint density at radius 1 is 1.21 bits per heavy atom. The van der Waals surface area contributed by atoms with Gasteiger partial charge in [-0.05, 0) is 18.8 Å². The Bertz CT molecular complexity index is 949. The molecule has 0 bridgehead atoms. The van der Waals surface area contributed by atoms with Crippen LogP contribution in [0.4, 0.5) is 5.13 Å². The molecule has 1 aliphatic rings. The number of carbonyl (C=O) groups is 1. The first-order valence-corrected chi connectivity index (χ1v) is 11.1. The van der Waals surface area contributed by atoms with Gasteiger partial charge < -0.3 is 4.57 Å². The largest absolute Gasteiger partial charge is 0.302 e. The summed E-state index contributed by atoms with van der Waals surface area (Å²) in [5.41, 5.74) is 1.02.